The van der Waals surface area contributed by atoms with E-state index >= 15 is 0 Å². The molecule has 0 aromatic heterocycles. The van der Waals surface area contributed by atoms with E-state index in [9.17, 15) is 14.4 Å². The van der Waals surface area contributed by atoms with Crippen LogP contribution in [0.25, 0.3) is 0 Å². The Kier molecular flexibility index (Phi) is 6.22. The molecule has 0 aliphatic carbocycles. The summed E-state index contributed by atoms with van der Waals surface area (Å²) in [6, 6.07) is 6.40. The molecule has 20 heavy (non-hydrogen) atoms. The number of hydrogen-bond acceptors (Lipinski definition) is 4. The van der Waals surface area contributed by atoms with E-state index in [1.54, 1.807) is 25.1 Å². The average molecular weight is 279 g/mol. The molecule has 6 heteroatoms. The first-order valence-corrected chi connectivity index (χ1v) is 6.31. The van der Waals surface area contributed by atoms with Crippen LogP contribution in [0.3, 0.4) is 0 Å². The summed E-state index contributed by atoms with van der Waals surface area (Å²) in [5.41, 5.74) is 0.839. The number of benzene rings is 1. The van der Waals surface area contributed by atoms with E-state index in [1.165, 1.54) is 6.07 Å². The van der Waals surface area contributed by atoms with Crippen LogP contribution in [0.2, 0.25) is 0 Å². The summed E-state index contributed by atoms with van der Waals surface area (Å²) < 4.78 is 4.86. The van der Waals surface area contributed by atoms with Crippen LogP contribution in [0.1, 0.15) is 36.5 Å². The molecule has 0 fully saturated rings. The van der Waals surface area contributed by atoms with Crippen molar-refractivity contribution in [3.05, 3.63) is 29.8 Å². The summed E-state index contributed by atoms with van der Waals surface area (Å²) in [6.45, 7) is 2.00. The first-order valence-electron chi connectivity index (χ1n) is 6.31. The standard InChI is InChI=1S/C14H17NO5/c1-2-20-14(19)10-5-3-6-11(9-10)15-12(16)7-4-8-13(17)18/h3,5-6,9H,2,4,7-8H2,1H3,(H,15,16)(H,17,18). The van der Waals surface area contributed by atoms with E-state index in [4.69, 9.17) is 9.84 Å². The van der Waals surface area contributed by atoms with Crippen LogP contribution < -0.4 is 5.32 Å². The van der Waals surface area contributed by atoms with Gasteiger partial charge in [-0.15, -0.1) is 0 Å². The van der Waals surface area contributed by atoms with Gasteiger partial charge in [0.05, 0.1) is 12.2 Å². The average Bonchev–Trinajstić information content (AvgIpc) is 2.38. The number of carboxylic acids is 1. The summed E-state index contributed by atoms with van der Waals surface area (Å²) in [5.74, 6) is -1.66. The number of esters is 1. The first kappa shape index (κ1) is 15.7. The largest absolute Gasteiger partial charge is 0.481 e. The van der Waals surface area contributed by atoms with Crippen LogP contribution in [0.5, 0.6) is 0 Å². The van der Waals surface area contributed by atoms with Crippen LogP contribution in [-0.2, 0) is 14.3 Å². The third-order valence-electron chi connectivity index (χ3n) is 2.45. The van der Waals surface area contributed by atoms with Crippen LogP contribution in [-0.4, -0.2) is 29.6 Å². The zero-order valence-corrected chi connectivity index (χ0v) is 11.2. The minimum atomic E-state index is -0.929. The smallest absolute Gasteiger partial charge is 0.338 e. The molecule has 1 rings (SSSR count). The Morgan fingerprint density at radius 3 is 2.65 bits per heavy atom. The number of carbonyl (C=O) groups excluding carboxylic acids is 2. The van der Waals surface area contributed by atoms with Gasteiger partial charge in [-0.1, -0.05) is 6.07 Å². The Hall–Kier alpha value is -2.37. The number of rotatable bonds is 7. The zero-order chi connectivity index (χ0) is 15.0. The summed E-state index contributed by atoms with van der Waals surface area (Å²) in [7, 11) is 0. The molecule has 0 atom stereocenters. The van der Waals surface area contributed by atoms with E-state index in [0.29, 0.717) is 11.3 Å². The number of ether oxygens (including phenoxy) is 1. The lowest BCUT2D eigenvalue weighted by atomic mass is 10.2. The van der Waals surface area contributed by atoms with E-state index < -0.39 is 11.9 Å². The highest BCUT2D eigenvalue weighted by molar-refractivity contribution is 5.94. The lowest BCUT2D eigenvalue weighted by molar-refractivity contribution is -0.137. The van der Waals surface area contributed by atoms with E-state index in [2.05, 4.69) is 5.32 Å². The van der Waals surface area contributed by atoms with Gasteiger partial charge in [-0.05, 0) is 31.5 Å². The van der Waals surface area contributed by atoms with Crippen molar-refractivity contribution in [3.8, 4) is 0 Å². The molecule has 1 amide bonds. The zero-order valence-electron chi connectivity index (χ0n) is 11.2. The Bertz CT molecular complexity index is 498. The predicted molar refractivity (Wildman–Crippen MR) is 72.5 cm³/mol. The van der Waals surface area contributed by atoms with Crippen molar-refractivity contribution >= 4 is 23.5 Å². The van der Waals surface area contributed by atoms with Crippen LogP contribution >= 0.6 is 0 Å². The predicted octanol–water partition coefficient (Wildman–Crippen LogP) is 2.06. The molecule has 0 spiro atoms. The molecule has 0 radical (unpaired) electrons. The van der Waals surface area contributed by atoms with Crippen LogP contribution in [0.4, 0.5) is 5.69 Å². The molecule has 2 N–H and O–H groups in total. The summed E-state index contributed by atoms with van der Waals surface area (Å²) >= 11 is 0. The lowest BCUT2D eigenvalue weighted by Crippen LogP contribution is -2.12. The molecule has 0 bridgehead atoms. The number of nitrogens with one attached hydrogen (secondary N) is 1. The van der Waals surface area contributed by atoms with Crippen molar-refractivity contribution in [2.24, 2.45) is 0 Å². The second kappa shape index (κ2) is 7.93. The molecule has 0 heterocycles. The maximum atomic E-state index is 11.6. The number of hydrogen-bond donors (Lipinski definition) is 2. The molecular weight excluding hydrogens is 262 g/mol. The minimum Gasteiger partial charge on any atom is -0.481 e. The Balaban J connectivity index is 2.55. The van der Waals surface area contributed by atoms with Gasteiger partial charge in [-0.3, -0.25) is 9.59 Å². The molecule has 1 aromatic rings. The topological polar surface area (TPSA) is 92.7 Å². The summed E-state index contributed by atoms with van der Waals surface area (Å²) in [5, 5.41) is 11.1. The van der Waals surface area contributed by atoms with Gasteiger partial charge in [-0.25, -0.2) is 4.79 Å². The molecule has 0 unspecified atom stereocenters. The summed E-state index contributed by atoms with van der Waals surface area (Å²) in [6.07, 6.45) is 0.352. The Labute approximate surface area is 116 Å². The third-order valence-corrected chi connectivity index (χ3v) is 2.45. The maximum absolute atomic E-state index is 11.6. The van der Waals surface area contributed by atoms with Crippen molar-refractivity contribution in [1.82, 2.24) is 0 Å². The highest BCUT2D eigenvalue weighted by Crippen LogP contribution is 2.12. The second-order valence-corrected chi connectivity index (χ2v) is 4.10. The van der Waals surface area contributed by atoms with Gasteiger partial charge in [-0.2, -0.15) is 0 Å². The van der Waals surface area contributed by atoms with E-state index in [0.717, 1.165) is 0 Å². The van der Waals surface area contributed by atoms with Gasteiger partial charge in [0.2, 0.25) is 5.91 Å². The molecule has 0 saturated carbocycles. The number of carbonyl (C=O) groups is 3. The van der Waals surface area contributed by atoms with Gasteiger partial charge < -0.3 is 15.2 Å². The van der Waals surface area contributed by atoms with Gasteiger partial charge in [0.1, 0.15) is 0 Å². The lowest BCUT2D eigenvalue weighted by Gasteiger charge is -2.07. The highest BCUT2D eigenvalue weighted by Gasteiger charge is 2.09. The normalized spacial score (nSPS) is 9.85. The number of carboxylic acid groups (broad SMARTS) is 1. The summed E-state index contributed by atoms with van der Waals surface area (Å²) in [4.78, 5) is 33.4. The SMILES string of the molecule is CCOC(=O)c1cccc(NC(=O)CCCC(=O)O)c1. The van der Waals surface area contributed by atoms with Gasteiger partial charge >= 0.3 is 11.9 Å². The highest BCUT2D eigenvalue weighted by atomic mass is 16.5. The number of anilines is 1. The van der Waals surface area contributed by atoms with Crippen LogP contribution in [0, 0.1) is 0 Å². The molecule has 1 aromatic carbocycles. The van der Waals surface area contributed by atoms with Crippen LogP contribution in [0.15, 0.2) is 24.3 Å². The van der Waals surface area contributed by atoms with Gasteiger partial charge in [0, 0.05) is 18.5 Å². The maximum Gasteiger partial charge on any atom is 0.338 e. The van der Waals surface area contributed by atoms with Gasteiger partial charge in [0.15, 0.2) is 0 Å². The molecule has 0 saturated heterocycles. The molecule has 0 aliphatic rings. The Morgan fingerprint density at radius 2 is 2.00 bits per heavy atom. The number of aliphatic carboxylic acids is 1. The second-order valence-electron chi connectivity index (χ2n) is 4.10. The van der Waals surface area contributed by atoms with Crippen molar-refractivity contribution in [2.75, 3.05) is 11.9 Å². The fourth-order valence-electron chi connectivity index (χ4n) is 1.56. The van der Waals surface area contributed by atoms with Crippen molar-refractivity contribution in [2.45, 2.75) is 26.2 Å². The van der Waals surface area contributed by atoms with Crippen molar-refractivity contribution in [1.29, 1.82) is 0 Å². The first-order chi connectivity index (χ1) is 9.52. The van der Waals surface area contributed by atoms with Crippen molar-refractivity contribution < 1.29 is 24.2 Å². The molecule has 0 aliphatic heterocycles. The van der Waals surface area contributed by atoms with E-state index in [1.807, 2.05) is 0 Å². The number of amides is 1. The minimum absolute atomic E-state index is 0.0454. The Morgan fingerprint density at radius 1 is 1.25 bits per heavy atom. The fraction of sp³-hybridized carbons (Fsp3) is 0.357. The molecule has 108 valence electrons. The van der Waals surface area contributed by atoms with Gasteiger partial charge in [0.25, 0.3) is 0 Å². The molecular formula is C14H17NO5. The quantitative estimate of drug-likeness (QED) is 0.745. The monoisotopic (exact) mass is 279 g/mol. The molecule has 6 nitrogen and oxygen atoms in total. The fourth-order valence-corrected chi connectivity index (χ4v) is 1.56. The third kappa shape index (κ3) is 5.51. The van der Waals surface area contributed by atoms with E-state index in [-0.39, 0.29) is 31.8 Å². The van der Waals surface area contributed by atoms with Crippen molar-refractivity contribution in [3.63, 3.8) is 0 Å².